The van der Waals surface area contributed by atoms with Crippen molar-refractivity contribution in [3.05, 3.63) is 59.5 Å². The van der Waals surface area contributed by atoms with Crippen molar-refractivity contribution in [2.75, 3.05) is 7.11 Å². The Balaban J connectivity index is 2.15. The van der Waals surface area contributed by atoms with Crippen LogP contribution in [0, 0.1) is 11.8 Å². The highest BCUT2D eigenvalue weighted by molar-refractivity contribution is 5.94. The molecule has 3 nitrogen and oxygen atoms in total. The number of nitrogens with one attached hydrogen (secondary N) is 1. The minimum absolute atomic E-state index is 0.186. The van der Waals surface area contributed by atoms with E-state index in [9.17, 15) is 4.79 Å². The highest BCUT2D eigenvalue weighted by Crippen LogP contribution is 2.12. The average Bonchev–Trinajstić information content (AvgIpc) is 2.71. The smallest absolute Gasteiger partial charge is 0.252 e. The molecule has 3 heteroatoms. The first kappa shape index (κ1) is 11.0. The second kappa shape index (κ2) is 5.04. The number of methoxy groups -OCH3 is 1. The molecule has 1 amide bonds. The summed E-state index contributed by atoms with van der Waals surface area (Å²) in [6.45, 7) is 0. The van der Waals surface area contributed by atoms with Crippen LogP contribution in [0.1, 0.15) is 5.56 Å². The molecule has 1 aliphatic rings. The van der Waals surface area contributed by atoms with Gasteiger partial charge in [0, 0.05) is 17.7 Å². The number of hydrogen-bond acceptors (Lipinski definition) is 2. The van der Waals surface area contributed by atoms with Crippen LogP contribution in [0.3, 0.4) is 0 Å². The van der Waals surface area contributed by atoms with Crippen molar-refractivity contribution in [1.29, 1.82) is 0 Å². The fraction of sp³-hybridized carbons (Fsp3) is 0.0714. The maximum atomic E-state index is 11.1. The third kappa shape index (κ3) is 2.76. The van der Waals surface area contributed by atoms with Crippen molar-refractivity contribution in [2.45, 2.75) is 0 Å². The lowest BCUT2D eigenvalue weighted by Gasteiger charge is -2.00. The van der Waals surface area contributed by atoms with Crippen LogP contribution in [-0.4, -0.2) is 13.0 Å². The van der Waals surface area contributed by atoms with E-state index in [0.717, 1.165) is 5.56 Å². The van der Waals surface area contributed by atoms with E-state index in [4.69, 9.17) is 4.74 Å². The molecule has 1 aromatic rings. The second-order valence-electron chi connectivity index (χ2n) is 3.40. The van der Waals surface area contributed by atoms with E-state index >= 15 is 0 Å². The summed E-state index contributed by atoms with van der Waals surface area (Å²) in [4.78, 5) is 11.1. The number of carbonyl (C=O) groups excluding carboxylic acids is 1. The van der Waals surface area contributed by atoms with Crippen molar-refractivity contribution in [2.24, 2.45) is 0 Å². The lowest BCUT2D eigenvalue weighted by molar-refractivity contribution is -0.115. The summed E-state index contributed by atoms with van der Waals surface area (Å²) in [5.74, 6) is 6.18. The first-order valence-electron chi connectivity index (χ1n) is 5.13. The molecule has 0 bridgehead atoms. The minimum Gasteiger partial charge on any atom is -0.494 e. The van der Waals surface area contributed by atoms with Crippen molar-refractivity contribution in [3.8, 4) is 11.8 Å². The molecule has 17 heavy (non-hydrogen) atoms. The largest absolute Gasteiger partial charge is 0.494 e. The van der Waals surface area contributed by atoms with E-state index in [2.05, 4.69) is 17.2 Å². The zero-order valence-corrected chi connectivity index (χ0v) is 9.36. The predicted molar refractivity (Wildman–Crippen MR) is 64.6 cm³/mol. The quantitative estimate of drug-likeness (QED) is 0.737. The number of hydrogen-bond donors (Lipinski definition) is 1. The van der Waals surface area contributed by atoms with Gasteiger partial charge in [0.05, 0.1) is 12.8 Å². The molecule has 1 N–H and O–H groups in total. The highest BCUT2D eigenvalue weighted by atomic mass is 16.5. The van der Waals surface area contributed by atoms with E-state index in [0.29, 0.717) is 11.5 Å². The molecule has 84 valence electrons. The Hall–Kier alpha value is -2.47. The summed E-state index contributed by atoms with van der Waals surface area (Å²) >= 11 is 0. The van der Waals surface area contributed by atoms with Gasteiger partial charge in [-0.15, -0.1) is 0 Å². The van der Waals surface area contributed by atoms with Crippen LogP contribution in [0.15, 0.2) is 53.9 Å². The van der Waals surface area contributed by atoms with Gasteiger partial charge in [0.1, 0.15) is 5.76 Å². The Morgan fingerprint density at radius 3 is 2.76 bits per heavy atom. The Kier molecular flexibility index (Phi) is 3.27. The number of amides is 1. The standard InChI is InChI=1S/C14H11NO2/c1-17-13-10-14(16)15-12(13)9-5-8-11-6-3-2-4-7-11/h2-4,6-7,9-10H,1H3,(H,15,16)/b12-9+. The summed E-state index contributed by atoms with van der Waals surface area (Å²) in [5, 5.41) is 2.64. The minimum atomic E-state index is -0.186. The molecule has 0 fully saturated rings. The number of benzene rings is 1. The van der Waals surface area contributed by atoms with E-state index in [1.165, 1.54) is 13.2 Å². The Morgan fingerprint density at radius 1 is 1.29 bits per heavy atom. The van der Waals surface area contributed by atoms with Gasteiger partial charge in [-0.2, -0.15) is 0 Å². The number of ether oxygens (including phenoxy) is 1. The third-order valence-electron chi connectivity index (χ3n) is 2.21. The molecular formula is C14H11NO2. The number of rotatable bonds is 1. The SMILES string of the molecule is COC1=CC(=O)N/C1=C/C#Cc1ccccc1. The zero-order valence-electron chi connectivity index (χ0n) is 9.36. The van der Waals surface area contributed by atoms with Crippen molar-refractivity contribution in [3.63, 3.8) is 0 Å². The number of allylic oxidation sites excluding steroid dienone is 1. The predicted octanol–water partition coefficient (Wildman–Crippen LogP) is 1.58. The summed E-state index contributed by atoms with van der Waals surface area (Å²) in [5.41, 5.74) is 1.53. The lowest BCUT2D eigenvalue weighted by Crippen LogP contribution is -2.13. The van der Waals surface area contributed by atoms with Gasteiger partial charge in [0.15, 0.2) is 0 Å². The van der Waals surface area contributed by atoms with Crippen LogP contribution >= 0.6 is 0 Å². The van der Waals surface area contributed by atoms with Gasteiger partial charge in [-0.25, -0.2) is 0 Å². The molecule has 2 rings (SSSR count). The van der Waals surface area contributed by atoms with Gasteiger partial charge in [-0.3, -0.25) is 4.79 Å². The van der Waals surface area contributed by atoms with Crippen LogP contribution in [-0.2, 0) is 9.53 Å². The monoisotopic (exact) mass is 225 g/mol. The maximum absolute atomic E-state index is 11.1. The molecule has 0 radical (unpaired) electrons. The molecular weight excluding hydrogens is 214 g/mol. The maximum Gasteiger partial charge on any atom is 0.252 e. The summed E-state index contributed by atoms with van der Waals surface area (Å²) in [6.07, 6.45) is 3.03. The molecule has 0 unspecified atom stereocenters. The van der Waals surface area contributed by atoms with E-state index in [1.807, 2.05) is 30.3 Å². The number of carbonyl (C=O) groups is 1. The molecule has 1 heterocycles. The fourth-order valence-electron chi connectivity index (χ4n) is 1.42. The van der Waals surface area contributed by atoms with Crippen molar-refractivity contribution >= 4 is 5.91 Å². The molecule has 0 saturated carbocycles. The van der Waals surface area contributed by atoms with Crippen molar-refractivity contribution in [1.82, 2.24) is 5.32 Å². The normalized spacial score (nSPS) is 15.9. The van der Waals surface area contributed by atoms with Gasteiger partial charge in [-0.05, 0) is 12.1 Å². The fourth-order valence-corrected chi connectivity index (χ4v) is 1.42. The van der Waals surface area contributed by atoms with Gasteiger partial charge in [0.25, 0.3) is 5.91 Å². The van der Waals surface area contributed by atoms with Crippen LogP contribution < -0.4 is 5.32 Å². The summed E-state index contributed by atoms with van der Waals surface area (Å²) in [6, 6.07) is 9.63. The zero-order chi connectivity index (χ0) is 12.1. The molecule has 0 spiro atoms. The van der Waals surface area contributed by atoms with E-state index in [-0.39, 0.29) is 5.91 Å². The molecule has 1 aromatic carbocycles. The first-order chi connectivity index (χ1) is 8.29. The van der Waals surface area contributed by atoms with E-state index in [1.54, 1.807) is 6.08 Å². The lowest BCUT2D eigenvalue weighted by atomic mass is 10.2. The Morgan fingerprint density at radius 2 is 2.06 bits per heavy atom. The molecule has 0 saturated heterocycles. The van der Waals surface area contributed by atoms with Gasteiger partial charge >= 0.3 is 0 Å². The van der Waals surface area contributed by atoms with Gasteiger partial charge in [0.2, 0.25) is 0 Å². The topological polar surface area (TPSA) is 38.3 Å². The Bertz CT molecular complexity index is 545. The van der Waals surface area contributed by atoms with Crippen molar-refractivity contribution < 1.29 is 9.53 Å². The summed E-state index contributed by atoms with van der Waals surface area (Å²) in [7, 11) is 1.52. The first-order valence-corrected chi connectivity index (χ1v) is 5.13. The summed E-state index contributed by atoms with van der Waals surface area (Å²) < 4.78 is 5.04. The van der Waals surface area contributed by atoms with Crippen LogP contribution in [0.2, 0.25) is 0 Å². The Labute approximate surface area is 99.8 Å². The molecule has 0 aromatic heterocycles. The highest BCUT2D eigenvalue weighted by Gasteiger charge is 2.16. The van der Waals surface area contributed by atoms with Gasteiger partial charge in [-0.1, -0.05) is 30.0 Å². The second-order valence-corrected chi connectivity index (χ2v) is 3.40. The van der Waals surface area contributed by atoms with Crippen LogP contribution in [0.5, 0.6) is 0 Å². The molecule has 1 aliphatic heterocycles. The molecule has 0 aliphatic carbocycles. The van der Waals surface area contributed by atoms with Crippen LogP contribution in [0.4, 0.5) is 0 Å². The third-order valence-corrected chi connectivity index (χ3v) is 2.21. The van der Waals surface area contributed by atoms with Gasteiger partial charge < -0.3 is 10.1 Å². The van der Waals surface area contributed by atoms with E-state index < -0.39 is 0 Å². The van der Waals surface area contributed by atoms with Crippen LogP contribution in [0.25, 0.3) is 0 Å². The average molecular weight is 225 g/mol. The molecule has 0 atom stereocenters.